The van der Waals surface area contributed by atoms with Crippen LogP contribution in [-0.2, 0) is 9.59 Å². The Morgan fingerprint density at radius 3 is 2.59 bits per heavy atom. The highest BCUT2D eigenvalue weighted by atomic mass is 32.2. The van der Waals surface area contributed by atoms with E-state index in [1.807, 2.05) is 49.4 Å². The third-order valence-electron chi connectivity index (χ3n) is 4.52. The molecule has 1 heterocycles. The number of hydrogen-bond donors (Lipinski definition) is 2. The molecule has 27 heavy (non-hydrogen) atoms. The van der Waals surface area contributed by atoms with Crippen molar-refractivity contribution in [2.24, 2.45) is 5.73 Å². The summed E-state index contributed by atoms with van der Waals surface area (Å²) in [5.41, 5.74) is 7.84. The first-order chi connectivity index (χ1) is 12.9. The first kappa shape index (κ1) is 18.7. The molecule has 2 aromatic rings. The van der Waals surface area contributed by atoms with Crippen molar-refractivity contribution in [2.75, 3.05) is 5.75 Å². The number of carbonyl (C=O) groups is 2. The number of rotatable bonds is 5. The van der Waals surface area contributed by atoms with Gasteiger partial charge in [0, 0.05) is 11.3 Å². The number of thioether (sulfide) groups is 1. The molecule has 0 radical (unpaired) electrons. The number of hydrogen-bond acceptors (Lipinski definition) is 5. The normalized spacial score (nSPS) is 16.9. The van der Waals surface area contributed by atoms with E-state index in [-0.39, 0.29) is 11.5 Å². The fourth-order valence-corrected chi connectivity index (χ4v) is 4.28. The lowest BCUT2D eigenvalue weighted by atomic mass is 9.79. The topological polar surface area (TPSA) is 96.0 Å². The molecule has 3 N–H and O–H groups in total. The summed E-state index contributed by atoms with van der Waals surface area (Å²) in [6, 6.07) is 16.0. The number of dihydropyridines is 1. The number of allylic oxidation sites excluding steroid dienone is 3. The van der Waals surface area contributed by atoms with Gasteiger partial charge in [-0.1, -0.05) is 54.2 Å². The van der Waals surface area contributed by atoms with E-state index in [4.69, 9.17) is 5.73 Å². The SMILES string of the molecule is CC(=O)C1=C(C)NC(SCC(N)=O)=C(C#N)C1c1cccc2ccccc12. The Labute approximate surface area is 161 Å². The van der Waals surface area contributed by atoms with Crippen molar-refractivity contribution in [2.45, 2.75) is 19.8 Å². The minimum Gasteiger partial charge on any atom is -0.369 e. The van der Waals surface area contributed by atoms with E-state index in [9.17, 15) is 14.9 Å². The van der Waals surface area contributed by atoms with Gasteiger partial charge in [-0.15, -0.1) is 0 Å². The summed E-state index contributed by atoms with van der Waals surface area (Å²) >= 11 is 1.19. The Kier molecular flexibility index (Phi) is 5.33. The van der Waals surface area contributed by atoms with Crippen LogP contribution >= 0.6 is 11.8 Å². The minimum absolute atomic E-state index is 0.0540. The molecule has 0 fully saturated rings. The number of nitriles is 1. The average Bonchev–Trinajstić information content (AvgIpc) is 2.64. The molecular weight excluding hydrogens is 358 g/mol. The summed E-state index contributed by atoms with van der Waals surface area (Å²) in [4.78, 5) is 23.7. The van der Waals surface area contributed by atoms with Crippen molar-refractivity contribution in [1.29, 1.82) is 5.26 Å². The lowest BCUT2D eigenvalue weighted by Gasteiger charge is -2.30. The molecule has 136 valence electrons. The van der Waals surface area contributed by atoms with Gasteiger partial charge in [0.1, 0.15) is 0 Å². The number of carbonyl (C=O) groups excluding carboxylic acids is 2. The monoisotopic (exact) mass is 377 g/mol. The van der Waals surface area contributed by atoms with Crippen LogP contribution in [0.4, 0.5) is 0 Å². The molecule has 2 aromatic carbocycles. The summed E-state index contributed by atoms with van der Waals surface area (Å²) in [6.45, 7) is 3.32. The Hall–Kier alpha value is -3.04. The average molecular weight is 377 g/mol. The first-order valence-electron chi connectivity index (χ1n) is 8.45. The number of benzene rings is 2. The molecule has 1 unspecified atom stereocenters. The molecule has 5 nitrogen and oxygen atoms in total. The van der Waals surface area contributed by atoms with Crippen molar-refractivity contribution in [3.8, 4) is 6.07 Å². The molecule has 0 aliphatic carbocycles. The number of Topliss-reactive ketones (excluding diaryl/α,β-unsaturated/α-hetero) is 1. The van der Waals surface area contributed by atoms with Gasteiger partial charge in [-0.05, 0) is 30.2 Å². The lowest BCUT2D eigenvalue weighted by molar-refractivity contribution is -0.115. The van der Waals surface area contributed by atoms with Crippen LogP contribution in [0, 0.1) is 11.3 Å². The fraction of sp³-hybridized carbons (Fsp3) is 0.190. The highest BCUT2D eigenvalue weighted by molar-refractivity contribution is 8.03. The van der Waals surface area contributed by atoms with E-state index < -0.39 is 11.8 Å². The Bertz CT molecular complexity index is 1040. The Morgan fingerprint density at radius 1 is 1.22 bits per heavy atom. The van der Waals surface area contributed by atoms with Gasteiger partial charge < -0.3 is 11.1 Å². The predicted molar refractivity (Wildman–Crippen MR) is 107 cm³/mol. The van der Waals surface area contributed by atoms with Crippen LogP contribution in [0.1, 0.15) is 25.3 Å². The summed E-state index contributed by atoms with van der Waals surface area (Å²) in [5, 5.41) is 15.6. The van der Waals surface area contributed by atoms with E-state index in [2.05, 4.69) is 11.4 Å². The number of ketones is 1. The molecule has 1 atom stereocenters. The van der Waals surface area contributed by atoms with Crippen molar-refractivity contribution < 1.29 is 9.59 Å². The number of nitrogens with one attached hydrogen (secondary N) is 1. The molecule has 0 saturated carbocycles. The number of fused-ring (bicyclic) bond motifs is 1. The van der Waals surface area contributed by atoms with Crippen LogP contribution in [0.3, 0.4) is 0 Å². The van der Waals surface area contributed by atoms with Gasteiger partial charge in [0.15, 0.2) is 5.78 Å². The van der Waals surface area contributed by atoms with Crippen LogP contribution in [0.25, 0.3) is 10.8 Å². The van der Waals surface area contributed by atoms with Gasteiger partial charge in [-0.2, -0.15) is 5.26 Å². The Morgan fingerprint density at radius 2 is 1.93 bits per heavy atom. The summed E-state index contributed by atoms with van der Waals surface area (Å²) in [7, 11) is 0. The molecule has 0 spiro atoms. The van der Waals surface area contributed by atoms with E-state index in [1.54, 1.807) is 0 Å². The maximum atomic E-state index is 12.5. The summed E-state index contributed by atoms with van der Waals surface area (Å²) < 4.78 is 0. The maximum Gasteiger partial charge on any atom is 0.227 e. The van der Waals surface area contributed by atoms with E-state index >= 15 is 0 Å². The zero-order valence-corrected chi connectivity index (χ0v) is 15.9. The van der Waals surface area contributed by atoms with Crippen molar-refractivity contribution in [3.05, 3.63) is 69.9 Å². The van der Waals surface area contributed by atoms with Gasteiger partial charge in [0.25, 0.3) is 0 Å². The van der Waals surface area contributed by atoms with Crippen LogP contribution < -0.4 is 11.1 Å². The molecule has 0 saturated heterocycles. The second-order valence-electron chi connectivity index (χ2n) is 6.33. The summed E-state index contributed by atoms with van der Waals surface area (Å²) in [6.07, 6.45) is 0. The van der Waals surface area contributed by atoms with Gasteiger partial charge in [0.05, 0.1) is 28.3 Å². The van der Waals surface area contributed by atoms with Crippen LogP contribution in [-0.4, -0.2) is 17.4 Å². The number of amides is 1. The van der Waals surface area contributed by atoms with Crippen LogP contribution in [0.15, 0.2) is 64.3 Å². The molecule has 1 aliphatic heterocycles. The van der Waals surface area contributed by atoms with E-state index in [1.165, 1.54) is 18.7 Å². The number of nitrogens with zero attached hydrogens (tertiary/aromatic N) is 1. The standard InChI is InChI=1S/C21H19N3O2S/c1-12-19(13(2)25)20(17(10-22)21(24-12)27-11-18(23)26)16-9-5-7-14-6-3-4-8-15(14)16/h3-9,20,24H,11H2,1-2H3,(H2,23,26). The third kappa shape index (κ3) is 3.60. The molecule has 1 aliphatic rings. The molecular formula is C21H19N3O2S. The second kappa shape index (κ2) is 7.68. The van der Waals surface area contributed by atoms with Gasteiger partial charge >= 0.3 is 0 Å². The zero-order valence-electron chi connectivity index (χ0n) is 15.1. The molecule has 0 aromatic heterocycles. The summed E-state index contributed by atoms with van der Waals surface area (Å²) in [5.74, 6) is -0.995. The van der Waals surface area contributed by atoms with Crippen LogP contribution in [0.5, 0.6) is 0 Å². The van der Waals surface area contributed by atoms with Gasteiger partial charge in [-0.3, -0.25) is 9.59 Å². The molecule has 3 rings (SSSR count). The van der Waals surface area contributed by atoms with E-state index in [0.717, 1.165) is 16.3 Å². The molecule has 6 heteroatoms. The van der Waals surface area contributed by atoms with Gasteiger partial charge in [-0.25, -0.2) is 0 Å². The largest absolute Gasteiger partial charge is 0.369 e. The zero-order chi connectivity index (χ0) is 19.6. The minimum atomic E-state index is -0.491. The predicted octanol–water partition coefficient (Wildman–Crippen LogP) is 3.34. The quantitative estimate of drug-likeness (QED) is 0.833. The highest BCUT2D eigenvalue weighted by Crippen LogP contribution is 2.42. The van der Waals surface area contributed by atoms with Gasteiger partial charge in [0.2, 0.25) is 5.91 Å². The van der Waals surface area contributed by atoms with Crippen LogP contribution in [0.2, 0.25) is 0 Å². The third-order valence-corrected chi connectivity index (χ3v) is 5.56. The lowest BCUT2D eigenvalue weighted by Crippen LogP contribution is -2.28. The second-order valence-corrected chi connectivity index (χ2v) is 7.32. The van der Waals surface area contributed by atoms with Crippen molar-refractivity contribution >= 4 is 34.2 Å². The van der Waals surface area contributed by atoms with Crippen molar-refractivity contribution in [3.63, 3.8) is 0 Å². The number of nitrogens with two attached hydrogens (primary N) is 1. The van der Waals surface area contributed by atoms with Crippen molar-refractivity contribution in [1.82, 2.24) is 5.32 Å². The smallest absolute Gasteiger partial charge is 0.227 e. The Balaban J connectivity index is 2.25. The molecule has 1 amide bonds. The van der Waals surface area contributed by atoms with E-state index in [0.29, 0.717) is 21.9 Å². The first-order valence-corrected chi connectivity index (χ1v) is 9.44. The molecule has 0 bridgehead atoms. The fourth-order valence-electron chi connectivity index (χ4n) is 3.45. The maximum absolute atomic E-state index is 12.5. The highest BCUT2D eigenvalue weighted by Gasteiger charge is 2.33. The number of primary amides is 1.